The van der Waals surface area contributed by atoms with Crippen molar-refractivity contribution in [3.8, 4) is 28.9 Å². The van der Waals surface area contributed by atoms with Gasteiger partial charge in [-0.3, -0.25) is 4.79 Å². The van der Waals surface area contributed by atoms with Crippen LogP contribution in [0, 0.1) is 6.92 Å². The lowest BCUT2D eigenvalue weighted by Gasteiger charge is -2.11. The summed E-state index contributed by atoms with van der Waals surface area (Å²) in [6.07, 6.45) is 1.52. The Kier molecular flexibility index (Phi) is 4.72. The Morgan fingerprint density at radius 3 is 2.79 bits per heavy atom. The minimum absolute atomic E-state index is 0.107. The molecular formula is C21H18N2O5. The first kappa shape index (κ1) is 17.7. The maximum Gasteiger partial charge on any atom is 0.259 e. The second-order valence-electron chi connectivity index (χ2n) is 6.13. The molecule has 3 aromatic rings. The molecule has 0 radical (unpaired) electrons. The summed E-state index contributed by atoms with van der Waals surface area (Å²) in [7, 11) is 1.59. The lowest BCUT2D eigenvalue weighted by atomic mass is 10.1. The van der Waals surface area contributed by atoms with Gasteiger partial charge in [0.2, 0.25) is 12.7 Å². The van der Waals surface area contributed by atoms with E-state index in [1.807, 2.05) is 25.1 Å². The van der Waals surface area contributed by atoms with Crippen LogP contribution in [0.5, 0.6) is 28.9 Å². The van der Waals surface area contributed by atoms with Gasteiger partial charge >= 0.3 is 0 Å². The van der Waals surface area contributed by atoms with Gasteiger partial charge in [0.25, 0.3) is 5.91 Å². The molecule has 2 heterocycles. The molecule has 7 heteroatoms. The first-order chi connectivity index (χ1) is 13.6. The van der Waals surface area contributed by atoms with E-state index < -0.39 is 0 Å². The Labute approximate surface area is 161 Å². The number of pyridine rings is 1. The third-order valence-corrected chi connectivity index (χ3v) is 4.17. The van der Waals surface area contributed by atoms with Crippen molar-refractivity contribution < 1.29 is 23.7 Å². The molecule has 1 amide bonds. The van der Waals surface area contributed by atoms with Gasteiger partial charge in [-0.15, -0.1) is 0 Å². The number of rotatable bonds is 5. The lowest BCUT2D eigenvalue weighted by molar-refractivity contribution is 0.102. The standard InChI is InChI=1S/C21H18N2O5/c1-13-6-8-16(18(10-13)25-2)28-19-9-7-14(11-22-19)23-21(24)15-4-3-5-17-20(15)27-12-26-17/h3-11H,12H2,1-2H3,(H,23,24). The average molecular weight is 378 g/mol. The van der Waals surface area contributed by atoms with Gasteiger partial charge in [0.1, 0.15) is 0 Å². The molecular weight excluding hydrogens is 360 g/mol. The lowest BCUT2D eigenvalue weighted by Crippen LogP contribution is -2.12. The molecule has 4 rings (SSSR count). The number of anilines is 1. The summed E-state index contributed by atoms with van der Waals surface area (Å²) in [5.74, 6) is 2.27. The van der Waals surface area contributed by atoms with E-state index in [0.29, 0.717) is 40.1 Å². The summed E-state index contributed by atoms with van der Waals surface area (Å²) in [4.78, 5) is 16.8. The molecule has 0 aliphatic carbocycles. The smallest absolute Gasteiger partial charge is 0.259 e. The molecule has 0 saturated carbocycles. The fourth-order valence-corrected chi connectivity index (χ4v) is 2.79. The van der Waals surface area contributed by atoms with Crippen molar-refractivity contribution >= 4 is 11.6 Å². The Balaban J connectivity index is 1.47. The van der Waals surface area contributed by atoms with E-state index in [1.54, 1.807) is 37.4 Å². The van der Waals surface area contributed by atoms with Crippen molar-refractivity contribution in [1.82, 2.24) is 4.98 Å². The molecule has 1 aromatic heterocycles. The van der Waals surface area contributed by atoms with E-state index in [4.69, 9.17) is 18.9 Å². The van der Waals surface area contributed by atoms with Crippen LogP contribution in [0.25, 0.3) is 0 Å². The molecule has 0 saturated heterocycles. The Hall–Kier alpha value is -3.74. The van der Waals surface area contributed by atoms with Gasteiger partial charge in [-0.1, -0.05) is 12.1 Å². The number of benzene rings is 2. The summed E-state index contributed by atoms with van der Waals surface area (Å²) in [6, 6.07) is 14.2. The van der Waals surface area contributed by atoms with E-state index in [9.17, 15) is 4.79 Å². The first-order valence-electron chi connectivity index (χ1n) is 8.62. The Morgan fingerprint density at radius 1 is 1.11 bits per heavy atom. The molecule has 0 unspecified atom stereocenters. The van der Waals surface area contributed by atoms with E-state index in [0.717, 1.165) is 5.56 Å². The van der Waals surface area contributed by atoms with Crippen molar-refractivity contribution in [2.75, 3.05) is 19.2 Å². The van der Waals surface area contributed by atoms with Crippen molar-refractivity contribution in [3.63, 3.8) is 0 Å². The van der Waals surface area contributed by atoms with Crippen molar-refractivity contribution in [3.05, 3.63) is 65.9 Å². The minimum atomic E-state index is -0.307. The van der Waals surface area contributed by atoms with E-state index in [-0.39, 0.29) is 12.7 Å². The molecule has 0 fully saturated rings. The summed E-state index contributed by atoms with van der Waals surface area (Å²) in [5.41, 5.74) is 2.00. The number of methoxy groups -OCH3 is 1. The van der Waals surface area contributed by atoms with Crippen LogP contribution < -0.4 is 24.3 Å². The van der Waals surface area contributed by atoms with Gasteiger partial charge in [0, 0.05) is 6.07 Å². The topological polar surface area (TPSA) is 78.9 Å². The maximum absolute atomic E-state index is 12.5. The zero-order valence-electron chi connectivity index (χ0n) is 15.4. The molecule has 142 valence electrons. The predicted octanol–water partition coefficient (Wildman–Crippen LogP) is 4.17. The zero-order valence-corrected chi connectivity index (χ0v) is 15.4. The monoisotopic (exact) mass is 378 g/mol. The van der Waals surface area contributed by atoms with Crippen LogP contribution >= 0.6 is 0 Å². The highest BCUT2D eigenvalue weighted by molar-refractivity contribution is 6.06. The average Bonchev–Trinajstić information content (AvgIpc) is 3.19. The van der Waals surface area contributed by atoms with Crippen LogP contribution in [-0.2, 0) is 0 Å². The van der Waals surface area contributed by atoms with Gasteiger partial charge in [0.05, 0.1) is 24.6 Å². The van der Waals surface area contributed by atoms with Gasteiger partial charge in [-0.05, 0) is 42.8 Å². The van der Waals surface area contributed by atoms with Crippen LogP contribution in [-0.4, -0.2) is 24.8 Å². The molecule has 1 aliphatic heterocycles. The minimum Gasteiger partial charge on any atom is -0.493 e. The van der Waals surface area contributed by atoms with Crippen LogP contribution in [0.2, 0.25) is 0 Å². The summed E-state index contributed by atoms with van der Waals surface area (Å²) >= 11 is 0. The van der Waals surface area contributed by atoms with E-state index >= 15 is 0 Å². The fraction of sp³-hybridized carbons (Fsp3) is 0.143. The summed E-state index contributed by atoms with van der Waals surface area (Å²) < 4.78 is 21.8. The number of fused-ring (bicyclic) bond motifs is 1. The third-order valence-electron chi connectivity index (χ3n) is 4.17. The SMILES string of the molecule is COc1cc(C)ccc1Oc1ccc(NC(=O)c2cccc3c2OCO3)cn1. The van der Waals surface area contributed by atoms with Gasteiger partial charge in [0.15, 0.2) is 23.0 Å². The molecule has 0 spiro atoms. The number of amides is 1. The number of carbonyl (C=O) groups is 1. The van der Waals surface area contributed by atoms with Crippen LogP contribution in [0.4, 0.5) is 5.69 Å². The van der Waals surface area contributed by atoms with Crippen molar-refractivity contribution in [1.29, 1.82) is 0 Å². The zero-order chi connectivity index (χ0) is 19.5. The Morgan fingerprint density at radius 2 is 2.00 bits per heavy atom. The molecule has 28 heavy (non-hydrogen) atoms. The molecule has 2 aromatic carbocycles. The summed E-state index contributed by atoms with van der Waals surface area (Å²) in [5, 5.41) is 2.79. The van der Waals surface area contributed by atoms with Crippen molar-refractivity contribution in [2.24, 2.45) is 0 Å². The normalized spacial score (nSPS) is 11.8. The van der Waals surface area contributed by atoms with Crippen molar-refractivity contribution in [2.45, 2.75) is 6.92 Å². The largest absolute Gasteiger partial charge is 0.493 e. The second-order valence-corrected chi connectivity index (χ2v) is 6.13. The Bertz CT molecular complexity index is 1020. The highest BCUT2D eigenvalue weighted by Crippen LogP contribution is 2.36. The molecule has 0 bridgehead atoms. The molecule has 7 nitrogen and oxygen atoms in total. The first-order valence-corrected chi connectivity index (χ1v) is 8.62. The van der Waals surface area contributed by atoms with Crippen LogP contribution in [0.3, 0.4) is 0 Å². The molecule has 0 atom stereocenters. The third kappa shape index (κ3) is 3.55. The number of hydrogen-bond acceptors (Lipinski definition) is 6. The number of nitrogens with zero attached hydrogens (tertiary/aromatic N) is 1. The number of ether oxygens (including phenoxy) is 4. The highest BCUT2D eigenvalue weighted by Gasteiger charge is 2.21. The highest BCUT2D eigenvalue weighted by atomic mass is 16.7. The number of nitrogens with one attached hydrogen (secondary N) is 1. The number of aryl methyl sites for hydroxylation is 1. The fourth-order valence-electron chi connectivity index (χ4n) is 2.79. The number of carbonyl (C=O) groups excluding carboxylic acids is 1. The van der Waals surface area contributed by atoms with Gasteiger partial charge in [-0.2, -0.15) is 0 Å². The quantitative estimate of drug-likeness (QED) is 0.718. The number of hydrogen-bond donors (Lipinski definition) is 1. The number of aromatic nitrogens is 1. The van der Waals surface area contributed by atoms with Gasteiger partial charge < -0.3 is 24.3 Å². The summed E-state index contributed by atoms with van der Waals surface area (Å²) in [6.45, 7) is 2.08. The van der Waals surface area contributed by atoms with Crippen LogP contribution in [0.1, 0.15) is 15.9 Å². The van der Waals surface area contributed by atoms with Crippen LogP contribution in [0.15, 0.2) is 54.7 Å². The molecule has 1 N–H and O–H groups in total. The maximum atomic E-state index is 12.5. The second kappa shape index (κ2) is 7.48. The van der Waals surface area contributed by atoms with E-state index in [1.165, 1.54) is 6.20 Å². The molecule has 1 aliphatic rings. The van der Waals surface area contributed by atoms with E-state index in [2.05, 4.69) is 10.3 Å². The number of para-hydroxylation sites is 1. The predicted molar refractivity (Wildman–Crippen MR) is 103 cm³/mol. The van der Waals surface area contributed by atoms with Gasteiger partial charge in [-0.25, -0.2) is 4.98 Å².